The van der Waals surface area contributed by atoms with Crippen molar-refractivity contribution in [3.63, 3.8) is 0 Å². The van der Waals surface area contributed by atoms with Crippen LogP contribution in [0.3, 0.4) is 0 Å². The molecule has 2 aromatic carbocycles. The molecule has 0 bridgehead atoms. The fourth-order valence-electron chi connectivity index (χ4n) is 4.11. The highest BCUT2D eigenvalue weighted by atomic mass is 16.2. The average molecular weight is 372 g/mol. The number of amides is 1. The molecule has 0 saturated heterocycles. The van der Waals surface area contributed by atoms with E-state index in [1.54, 1.807) is 6.33 Å². The van der Waals surface area contributed by atoms with Crippen molar-refractivity contribution in [3.05, 3.63) is 77.1 Å². The summed E-state index contributed by atoms with van der Waals surface area (Å²) in [6.07, 6.45) is 4.32. The van der Waals surface area contributed by atoms with Crippen molar-refractivity contribution in [2.45, 2.75) is 45.2 Å². The van der Waals surface area contributed by atoms with Crippen LogP contribution in [0.15, 0.2) is 54.9 Å². The second-order valence-electron chi connectivity index (χ2n) is 8.08. The van der Waals surface area contributed by atoms with Gasteiger partial charge in [-0.1, -0.05) is 59.7 Å². The van der Waals surface area contributed by atoms with Crippen LogP contribution in [0.25, 0.3) is 0 Å². The lowest BCUT2D eigenvalue weighted by molar-refractivity contribution is -0.120. The number of aromatic nitrogens is 3. The first-order valence-corrected chi connectivity index (χ1v) is 9.97. The van der Waals surface area contributed by atoms with Crippen molar-refractivity contribution in [1.82, 2.24) is 14.8 Å². The second-order valence-corrected chi connectivity index (χ2v) is 8.08. The predicted molar refractivity (Wildman–Crippen MR) is 108 cm³/mol. The summed E-state index contributed by atoms with van der Waals surface area (Å²) in [7, 11) is 0. The highest BCUT2D eigenvalue weighted by molar-refractivity contribution is 5.96. The summed E-state index contributed by atoms with van der Waals surface area (Å²) in [5.41, 5.74) is 4.82. The van der Waals surface area contributed by atoms with E-state index >= 15 is 0 Å². The van der Waals surface area contributed by atoms with Crippen molar-refractivity contribution in [2.24, 2.45) is 5.92 Å². The first-order valence-electron chi connectivity index (χ1n) is 9.97. The molecule has 0 N–H and O–H groups in total. The first-order chi connectivity index (χ1) is 13.6. The second kappa shape index (κ2) is 6.59. The number of hydrogen-bond donors (Lipinski definition) is 0. The number of aryl methyl sites for hydroxylation is 2. The maximum Gasteiger partial charge on any atom is 0.233 e. The number of benzene rings is 2. The number of fused-ring (bicyclic) bond motifs is 1. The van der Waals surface area contributed by atoms with Crippen molar-refractivity contribution >= 4 is 11.9 Å². The maximum absolute atomic E-state index is 13.2. The predicted octanol–water partition coefficient (Wildman–Crippen LogP) is 4.37. The molecule has 2 atom stereocenters. The zero-order valence-electron chi connectivity index (χ0n) is 16.2. The van der Waals surface area contributed by atoms with Gasteiger partial charge in [0.2, 0.25) is 11.9 Å². The topological polar surface area (TPSA) is 51.0 Å². The van der Waals surface area contributed by atoms with Crippen LogP contribution < -0.4 is 4.90 Å². The van der Waals surface area contributed by atoms with Crippen molar-refractivity contribution in [3.8, 4) is 0 Å². The Morgan fingerprint density at radius 2 is 1.46 bits per heavy atom. The average Bonchev–Trinajstić information content (AvgIpc) is 3.44. The Labute approximate surface area is 165 Å². The van der Waals surface area contributed by atoms with Crippen LogP contribution in [0.5, 0.6) is 0 Å². The fourth-order valence-corrected chi connectivity index (χ4v) is 4.11. The van der Waals surface area contributed by atoms with Gasteiger partial charge in [0.25, 0.3) is 0 Å². The zero-order chi connectivity index (χ0) is 19.3. The monoisotopic (exact) mass is 372 g/mol. The van der Waals surface area contributed by atoms with Gasteiger partial charge in [-0.25, -0.2) is 4.68 Å². The summed E-state index contributed by atoms with van der Waals surface area (Å²) in [6.45, 7) is 4.18. The van der Waals surface area contributed by atoms with E-state index in [9.17, 15) is 4.79 Å². The molecule has 1 aromatic heterocycles. The van der Waals surface area contributed by atoms with Gasteiger partial charge in [-0.2, -0.15) is 10.1 Å². The lowest BCUT2D eigenvalue weighted by Gasteiger charge is -2.39. The first kappa shape index (κ1) is 17.2. The van der Waals surface area contributed by atoms with E-state index in [0.29, 0.717) is 5.95 Å². The molecular weight excluding hydrogens is 348 g/mol. The summed E-state index contributed by atoms with van der Waals surface area (Å²) in [5, 5.41) is 4.50. The van der Waals surface area contributed by atoms with Crippen molar-refractivity contribution in [1.29, 1.82) is 0 Å². The Morgan fingerprint density at radius 1 is 0.893 bits per heavy atom. The van der Waals surface area contributed by atoms with Crippen LogP contribution in [0, 0.1) is 19.8 Å². The molecule has 1 fully saturated rings. The van der Waals surface area contributed by atoms with Crippen LogP contribution in [0.2, 0.25) is 0 Å². The zero-order valence-corrected chi connectivity index (χ0v) is 16.2. The molecule has 0 radical (unpaired) electrons. The molecule has 2 heterocycles. The van der Waals surface area contributed by atoms with E-state index < -0.39 is 0 Å². The molecule has 2 aliphatic rings. The van der Waals surface area contributed by atoms with Gasteiger partial charge in [-0.3, -0.25) is 9.69 Å². The van der Waals surface area contributed by atoms with Crippen LogP contribution in [0.1, 0.15) is 53.6 Å². The Hall–Kier alpha value is -2.95. The standard InChI is InChI=1S/C23H24N4O/c1-15-3-7-17(8-4-15)20-13-21(18-9-5-16(2)6-10-18)27-23(24-14-25-27)26(20)22(28)19-11-12-19/h3-10,14,19-21H,11-13H2,1-2H3/t20-,21-/m1/s1. The molecule has 5 heteroatoms. The number of carbonyl (C=O) groups is 1. The minimum absolute atomic E-state index is 0.0308. The van der Waals surface area contributed by atoms with E-state index in [2.05, 4.69) is 72.5 Å². The number of hydrogen-bond acceptors (Lipinski definition) is 3. The molecule has 142 valence electrons. The summed E-state index contributed by atoms with van der Waals surface area (Å²) in [5.74, 6) is 0.982. The molecule has 0 unspecified atom stereocenters. The van der Waals surface area contributed by atoms with Gasteiger partial charge in [-0.05, 0) is 44.2 Å². The Bertz CT molecular complexity index is 1000. The van der Waals surface area contributed by atoms with Gasteiger partial charge in [0.15, 0.2) is 0 Å². The lowest BCUT2D eigenvalue weighted by Crippen LogP contribution is -2.43. The molecule has 0 spiro atoms. The normalized spacial score (nSPS) is 21.4. The van der Waals surface area contributed by atoms with Gasteiger partial charge in [0.05, 0.1) is 12.1 Å². The van der Waals surface area contributed by atoms with Gasteiger partial charge < -0.3 is 0 Å². The van der Waals surface area contributed by atoms with Crippen LogP contribution in [0.4, 0.5) is 5.95 Å². The molecular formula is C23H24N4O. The molecule has 1 aliphatic carbocycles. The Kier molecular flexibility index (Phi) is 4.04. The fraction of sp³-hybridized carbons (Fsp3) is 0.348. The van der Waals surface area contributed by atoms with E-state index in [4.69, 9.17) is 0 Å². The van der Waals surface area contributed by atoms with Gasteiger partial charge in [0.1, 0.15) is 6.33 Å². The molecule has 5 nitrogen and oxygen atoms in total. The van der Waals surface area contributed by atoms with E-state index in [-0.39, 0.29) is 23.9 Å². The van der Waals surface area contributed by atoms with Crippen LogP contribution in [-0.4, -0.2) is 20.7 Å². The SMILES string of the molecule is Cc1ccc([C@H]2C[C@H](c3ccc(C)cc3)n3ncnc3N2C(=O)C2CC2)cc1. The Balaban J connectivity index is 1.62. The minimum Gasteiger partial charge on any atom is -0.274 e. The third kappa shape index (κ3) is 2.91. The third-order valence-corrected chi connectivity index (χ3v) is 5.91. The largest absolute Gasteiger partial charge is 0.274 e. The molecule has 28 heavy (non-hydrogen) atoms. The number of carbonyl (C=O) groups excluding carboxylic acids is 1. The molecule has 1 amide bonds. The summed E-state index contributed by atoms with van der Waals surface area (Å²) in [4.78, 5) is 19.6. The minimum atomic E-state index is -0.0308. The summed E-state index contributed by atoms with van der Waals surface area (Å²) < 4.78 is 1.93. The van der Waals surface area contributed by atoms with Gasteiger partial charge in [0, 0.05) is 5.92 Å². The summed E-state index contributed by atoms with van der Waals surface area (Å²) in [6, 6.07) is 17.2. The van der Waals surface area contributed by atoms with Gasteiger partial charge >= 0.3 is 0 Å². The number of nitrogens with zero attached hydrogens (tertiary/aromatic N) is 4. The summed E-state index contributed by atoms with van der Waals surface area (Å²) >= 11 is 0. The van der Waals surface area contributed by atoms with Crippen LogP contribution in [-0.2, 0) is 4.79 Å². The lowest BCUT2D eigenvalue weighted by atomic mass is 9.91. The molecule has 1 aliphatic heterocycles. The quantitative estimate of drug-likeness (QED) is 0.686. The van der Waals surface area contributed by atoms with Crippen molar-refractivity contribution < 1.29 is 4.79 Å². The van der Waals surface area contributed by atoms with E-state index in [1.165, 1.54) is 16.7 Å². The van der Waals surface area contributed by atoms with Crippen LogP contribution >= 0.6 is 0 Å². The molecule has 1 saturated carbocycles. The van der Waals surface area contributed by atoms with E-state index in [1.807, 2.05) is 9.58 Å². The number of rotatable bonds is 3. The van der Waals surface area contributed by atoms with Gasteiger partial charge in [-0.15, -0.1) is 0 Å². The smallest absolute Gasteiger partial charge is 0.233 e. The highest BCUT2D eigenvalue weighted by Crippen LogP contribution is 2.44. The highest BCUT2D eigenvalue weighted by Gasteiger charge is 2.44. The Morgan fingerprint density at radius 3 is 2.04 bits per heavy atom. The molecule has 3 aromatic rings. The molecule has 5 rings (SSSR count). The third-order valence-electron chi connectivity index (χ3n) is 5.91. The van der Waals surface area contributed by atoms with E-state index in [0.717, 1.165) is 24.8 Å². The van der Waals surface area contributed by atoms with Crippen molar-refractivity contribution in [2.75, 3.05) is 4.90 Å². The maximum atomic E-state index is 13.2. The number of anilines is 1.